The molecule has 13 heteroatoms. The predicted octanol–water partition coefficient (Wildman–Crippen LogP) is -2.45. The first-order chi connectivity index (χ1) is 16.4. The van der Waals surface area contributed by atoms with Gasteiger partial charge in [-0.2, -0.15) is 0 Å². The Labute approximate surface area is 203 Å². The van der Waals surface area contributed by atoms with E-state index in [-0.39, 0.29) is 18.8 Å². The number of nitrogens with zero attached hydrogens (tertiary/aromatic N) is 1. The molecule has 0 spiro atoms. The molecule has 0 aliphatic carbocycles. The summed E-state index contributed by atoms with van der Waals surface area (Å²) < 4.78 is 0. The first kappa shape index (κ1) is 29.3. The zero-order valence-corrected chi connectivity index (χ0v) is 19.8. The number of aliphatic hydroxyl groups excluding tert-OH is 1. The van der Waals surface area contributed by atoms with E-state index >= 15 is 0 Å². The highest BCUT2D eigenvalue weighted by Gasteiger charge is 2.31. The molecule has 0 aliphatic rings. The van der Waals surface area contributed by atoms with Gasteiger partial charge in [0.15, 0.2) is 5.96 Å². The van der Waals surface area contributed by atoms with Crippen LogP contribution < -0.4 is 33.2 Å². The van der Waals surface area contributed by atoms with E-state index in [2.05, 4.69) is 20.9 Å². The molecule has 0 bridgehead atoms. The molecular formula is C22H35N7O6. The van der Waals surface area contributed by atoms with Gasteiger partial charge in [0.2, 0.25) is 17.7 Å². The molecule has 5 unspecified atom stereocenters. The molecule has 35 heavy (non-hydrogen) atoms. The van der Waals surface area contributed by atoms with E-state index in [4.69, 9.17) is 17.2 Å². The average molecular weight is 494 g/mol. The molecule has 13 nitrogen and oxygen atoms in total. The number of nitrogens with one attached hydrogen (secondary N) is 3. The maximum atomic E-state index is 12.7. The second kappa shape index (κ2) is 14.5. The fourth-order valence-corrected chi connectivity index (χ4v) is 3.03. The summed E-state index contributed by atoms with van der Waals surface area (Å²) in [7, 11) is 0. The van der Waals surface area contributed by atoms with Gasteiger partial charge in [0.1, 0.15) is 18.1 Å². The van der Waals surface area contributed by atoms with Crippen LogP contribution in [0.2, 0.25) is 0 Å². The van der Waals surface area contributed by atoms with Gasteiger partial charge in [0, 0.05) is 13.0 Å². The summed E-state index contributed by atoms with van der Waals surface area (Å²) in [6, 6.07) is 3.95. The van der Waals surface area contributed by atoms with Crippen LogP contribution in [-0.2, 0) is 25.6 Å². The molecule has 0 aromatic heterocycles. The number of guanidine groups is 1. The molecule has 0 fully saturated rings. The monoisotopic (exact) mass is 493 g/mol. The number of aliphatic hydroxyl groups is 1. The molecule has 1 rings (SSSR count). The Hall–Kier alpha value is -3.71. The zero-order chi connectivity index (χ0) is 26.5. The third kappa shape index (κ3) is 10.8. The number of amides is 3. The van der Waals surface area contributed by atoms with Crippen LogP contribution in [0.25, 0.3) is 0 Å². The van der Waals surface area contributed by atoms with Gasteiger partial charge < -0.3 is 43.4 Å². The van der Waals surface area contributed by atoms with E-state index in [0.717, 1.165) is 0 Å². The van der Waals surface area contributed by atoms with Crippen LogP contribution >= 0.6 is 0 Å². The van der Waals surface area contributed by atoms with Crippen molar-refractivity contribution in [3.05, 3.63) is 35.9 Å². The van der Waals surface area contributed by atoms with Crippen molar-refractivity contribution in [2.75, 3.05) is 6.54 Å². The van der Waals surface area contributed by atoms with Gasteiger partial charge in [-0.15, -0.1) is 0 Å². The Morgan fingerprint density at radius 3 is 2.14 bits per heavy atom. The number of benzene rings is 1. The maximum Gasteiger partial charge on any atom is 0.326 e. The lowest BCUT2D eigenvalue weighted by Gasteiger charge is -2.25. The number of nitrogens with two attached hydrogens (primary N) is 3. The Morgan fingerprint density at radius 1 is 0.971 bits per heavy atom. The maximum absolute atomic E-state index is 12.7. The first-order valence-corrected chi connectivity index (χ1v) is 11.1. The quantitative estimate of drug-likeness (QED) is 0.0778. The lowest BCUT2D eigenvalue weighted by molar-refractivity contribution is -0.143. The van der Waals surface area contributed by atoms with Crippen molar-refractivity contribution in [1.82, 2.24) is 16.0 Å². The van der Waals surface area contributed by atoms with Crippen molar-refractivity contribution in [1.29, 1.82) is 0 Å². The molecule has 0 saturated heterocycles. The van der Waals surface area contributed by atoms with Crippen LogP contribution in [0.3, 0.4) is 0 Å². The molecule has 3 amide bonds. The van der Waals surface area contributed by atoms with E-state index in [0.29, 0.717) is 18.5 Å². The molecule has 11 N–H and O–H groups in total. The van der Waals surface area contributed by atoms with Crippen molar-refractivity contribution < 1.29 is 29.4 Å². The van der Waals surface area contributed by atoms with Crippen LogP contribution in [0.15, 0.2) is 35.3 Å². The zero-order valence-electron chi connectivity index (χ0n) is 19.8. The number of aliphatic imine (C=N–C) groups is 1. The molecular weight excluding hydrogens is 458 g/mol. The van der Waals surface area contributed by atoms with Crippen molar-refractivity contribution in [2.45, 2.75) is 63.4 Å². The van der Waals surface area contributed by atoms with Crippen molar-refractivity contribution in [2.24, 2.45) is 22.2 Å². The van der Waals surface area contributed by atoms with Gasteiger partial charge in [-0.1, -0.05) is 30.3 Å². The SMILES string of the molecule is CC(NC(=O)C(N)CCCN=C(N)N)C(=O)NC(C(=O)NC(Cc1ccccc1)C(=O)O)C(C)O. The summed E-state index contributed by atoms with van der Waals surface area (Å²) in [6.45, 7) is 2.95. The third-order valence-electron chi connectivity index (χ3n) is 5.02. The van der Waals surface area contributed by atoms with Gasteiger partial charge in [-0.3, -0.25) is 19.4 Å². The summed E-state index contributed by atoms with van der Waals surface area (Å²) in [4.78, 5) is 52.9. The molecule has 0 saturated carbocycles. The fraction of sp³-hybridized carbons (Fsp3) is 0.500. The topological polar surface area (TPSA) is 235 Å². The number of hydrogen-bond donors (Lipinski definition) is 8. The minimum absolute atomic E-state index is 0.00984. The van der Waals surface area contributed by atoms with Gasteiger partial charge in [-0.05, 0) is 32.3 Å². The molecule has 194 valence electrons. The first-order valence-electron chi connectivity index (χ1n) is 11.1. The standard InChI is InChI=1S/C22H35N7O6/c1-12(27-19(32)15(23)9-6-10-26-22(24)25)18(31)29-17(13(2)30)20(33)28-16(21(34)35)11-14-7-4-3-5-8-14/h3-5,7-8,12-13,15-17,30H,6,9-11,23H2,1-2H3,(H,27,32)(H,28,33)(H,29,31)(H,34,35)(H4,24,25,26). The number of carbonyl (C=O) groups excluding carboxylic acids is 3. The van der Waals surface area contributed by atoms with Gasteiger partial charge in [0.05, 0.1) is 12.1 Å². The van der Waals surface area contributed by atoms with E-state index < -0.39 is 54.0 Å². The highest BCUT2D eigenvalue weighted by Crippen LogP contribution is 2.05. The smallest absolute Gasteiger partial charge is 0.326 e. The minimum atomic E-state index is -1.45. The Balaban J connectivity index is 2.69. The van der Waals surface area contributed by atoms with Crippen molar-refractivity contribution >= 4 is 29.7 Å². The normalized spacial score (nSPS) is 15.0. The largest absolute Gasteiger partial charge is 0.480 e. The van der Waals surface area contributed by atoms with Crippen molar-refractivity contribution in [3.8, 4) is 0 Å². The van der Waals surface area contributed by atoms with Gasteiger partial charge >= 0.3 is 5.97 Å². The van der Waals surface area contributed by atoms with Crippen molar-refractivity contribution in [3.63, 3.8) is 0 Å². The number of hydrogen-bond acceptors (Lipinski definition) is 7. The minimum Gasteiger partial charge on any atom is -0.480 e. The van der Waals surface area contributed by atoms with Crippen LogP contribution in [-0.4, -0.2) is 76.7 Å². The van der Waals surface area contributed by atoms with E-state index in [1.165, 1.54) is 13.8 Å². The van der Waals surface area contributed by atoms with Crippen LogP contribution in [0, 0.1) is 0 Å². The molecule has 0 radical (unpaired) electrons. The molecule has 0 aliphatic heterocycles. The van der Waals surface area contributed by atoms with E-state index in [1.54, 1.807) is 30.3 Å². The lowest BCUT2D eigenvalue weighted by Crippen LogP contribution is -2.59. The summed E-state index contributed by atoms with van der Waals surface area (Å²) in [5.41, 5.74) is 16.9. The Kier molecular flexibility index (Phi) is 12.2. The average Bonchev–Trinajstić information content (AvgIpc) is 2.79. The number of carbonyl (C=O) groups is 4. The molecule has 1 aromatic rings. The number of aliphatic carboxylic acids is 1. The van der Waals surface area contributed by atoms with Crippen LogP contribution in [0.4, 0.5) is 0 Å². The van der Waals surface area contributed by atoms with E-state index in [9.17, 15) is 29.4 Å². The van der Waals surface area contributed by atoms with Gasteiger partial charge in [0.25, 0.3) is 0 Å². The molecule has 0 heterocycles. The Bertz CT molecular complexity index is 890. The number of carboxylic acids is 1. The fourth-order valence-electron chi connectivity index (χ4n) is 3.03. The molecule has 1 aromatic carbocycles. The van der Waals surface area contributed by atoms with Crippen LogP contribution in [0.5, 0.6) is 0 Å². The summed E-state index contributed by atoms with van der Waals surface area (Å²) in [5.74, 6) is -3.58. The lowest BCUT2D eigenvalue weighted by atomic mass is 10.0. The highest BCUT2D eigenvalue weighted by molar-refractivity contribution is 5.94. The second-order valence-electron chi connectivity index (χ2n) is 8.10. The van der Waals surface area contributed by atoms with Gasteiger partial charge in [-0.25, -0.2) is 4.79 Å². The number of rotatable bonds is 14. The highest BCUT2D eigenvalue weighted by atomic mass is 16.4. The molecule has 5 atom stereocenters. The summed E-state index contributed by atoms with van der Waals surface area (Å²) in [5, 5.41) is 26.6. The Morgan fingerprint density at radius 2 is 1.60 bits per heavy atom. The second-order valence-corrected chi connectivity index (χ2v) is 8.10. The summed E-state index contributed by atoms with van der Waals surface area (Å²) in [6.07, 6.45) is -0.611. The van der Waals surface area contributed by atoms with Crippen LogP contribution in [0.1, 0.15) is 32.3 Å². The predicted molar refractivity (Wildman–Crippen MR) is 129 cm³/mol. The van der Waals surface area contributed by atoms with E-state index in [1.807, 2.05) is 0 Å². The summed E-state index contributed by atoms with van der Waals surface area (Å²) >= 11 is 0. The number of carboxylic acid groups (broad SMARTS) is 1. The third-order valence-corrected chi connectivity index (χ3v) is 5.02.